The summed E-state index contributed by atoms with van der Waals surface area (Å²) in [7, 11) is 0. The van der Waals surface area contributed by atoms with E-state index in [2.05, 4.69) is 12.2 Å². The monoisotopic (exact) mass is 276 g/mol. The van der Waals surface area contributed by atoms with Gasteiger partial charge in [-0.05, 0) is 38.5 Å². The molecule has 1 amide bonds. The maximum Gasteiger partial charge on any atom is 0.240 e. The summed E-state index contributed by atoms with van der Waals surface area (Å²) in [5.74, 6) is 0.590. The Morgan fingerprint density at radius 3 is 2.44 bits per heavy atom. The number of hydrogen-bond acceptors (Lipinski definition) is 3. The van der Waals surface area contributed by atoms with E-state index in [-0.39, 0.29) is 24.4 Å². The number of rotatable bonds is 3. The second-order valence-electron chi connectivity index (χ2n) is 5.58. The standard InChI is InChI=1S/C13H24N2O2.ClH/c1-10(11-4-8-17-9-5-11)15-12(16)13(14)6-2-3-7-13;/h10-11H,2-9,14H2,1H3,(H,15,16);1H. The number of amides is 1. The fourth-order valence-electron chi connectivity index (χ4n) is 2.92. The Bertz CT molecular complexity index is 274. The summed E-state index contributed by atoms with van der Waals surface area (Å²) in [5.41, 5.74) is 5.55. The fraction of sp³-hybridized carbons (Fsp3) is 0.923. The van der Waals surface area contributed by atoms with E-state index in [1.807, 2.05) is 0 Å². The number of halogens is 1. The van der Waals surface area contributed by atoms with Gasteiger partial charge in [-0.15, -0.1) is 12.4 Å². The summed E-state index contributed by atoms with van der Waals surface area (Å²) in [4.78, 5) is 12.2. The lowest BCUT2D eigenvalue weighted by atomic mass is 9.91. The van der Waals surface area contributed by atoms with Crippen LogP contribution in [0.25, 0.3) is 0 Å². The lowest BCUT2D eigenvalue weighted by Crippen LogP contribution is -2.55. The molecule has 1 saturated carbocycles. The highest BCUT2D eigenvalue weighted by Gasteiger charge is 2.38. The first-order valence-electron chi connectivity index (χ1n) is 6.79. The van der Waals surface area contributed by atoms with E-state index in [0.717, 1.165) is 51.7 Å². The molecule has 4 nitrogen and oxygen atoms in total. The molecule has 0 radical (unpaired) electrons. The molecule has 0 spiro atoms. The van der Waals surface area contributed by atoms with Gasteiger partial charge in [0.25, 0.3) is 0 Å². The molecular formula is C13H25ClN2O2. The van der Waals surface area contributed by atoms with Crippen molar-refractivity contribution in [3.8, 4) is 0 Å². The summed E-state index contributed by atoms with van der Waals surface area (Å²) in [5, 5.41) is 3.11. The quantitative estimate of drug-likeness (QED) is 0.823. The van der Waals surface area contributed by atoms with Crippen molar-refractivity contribution in [1.82, 2.24) is 5.32 Å². The molecule has 18 heavy (non-hydrogen) atoms. The molecule has 0 aromatic heterocycles. The van der Waals surface area contributed by atoms with Gasteiger partial charge in [0.2, 0.25) is 5.91 Å². The Balaban J connectivity index is 0.00000162. The van der Waals surface area contributed by atoms with Crippen molar-refractivity contribution in [3.05, 3.63) is 0 Å². The molecule has 1 heterocycles. The van der Waals surface area contributed by atoms with Crippen LogP contribution in [0.3, 0.4) is 0 Å². The van der Waals surface area contributed by atoms with Gasteiger partial charge in [-0.1, -0.05) is 12.8 Å². The second-order valence-corrected chi connectivity index (χ2v) is 5.58. The first-order chi connectivity index (χ1) is 8.12. The minimum Gasteiger partial charge on any atom is -0.381 e. The molecule has 106 valence electrons. The average Bonchev–Trinajstić information content (AvgIpc) is 2.78. The predicted octanol–water partition coefficient (Wildman–Crippen LogP) is 1.61. The van der Waals surface area contributed by atoms with Gasteiger partial charge in [-0.2, -0.15) is 0 Å². The molecule has 1 unspecified atom stereocenters. The zero-order valence-electron chi connectivity index (χ0n) is 11.1. The molecule has 0 bridgehead atoms. The lowest BCUT2D eigenvalue weighted by Gasteiger charge is -2.31. The van der Waals surface area contributed by atoms with E-state index >= 15 is 0 Å². The molecule has 0 aromatic carbocycles. The third-order valence-electron chi connectivity index (χ3n) is 4.28. The second kappa shape index (κ2) is 6.73. The highest BCUT2D eigenvalue weighted by molar-refractivity contribution is 5.86. The number of ether oxygens (including phenoxy) is 1. The number of hydrogen-bond donors (Lipinski definition) is 2. The van der Waals surface area contributed by atoms with Crippen molar-refractivity contribution < 1.29 is 9.53 Å². The molecule has 2 aliphatic rings. The average molecular weight is 277 g/mol. The third kappa shape index (κ3) is 3.59. The lowest BCUT2D eigenvalue weighted by molar-refractivity contribution is -0.127. The number of carbonyl (C=O) groups excluding carboxylic acids is 1. The van der Waals surface area contributed by atoms with E-state index in [0.29, 0.717) is 5.92 Å². The maximum atomic E-state index is 12.2. The van der Waals surface area contributed by atoms with Crippen molar-refractivity contribution in [1.29, 1.82) is 0 Å². The van der Waals surface area contributed by atoms with Crippen molar-refractivity contribution >= 4 is 18.3 Å². The number of nitrogens with two attached hydrogens (primary N) is 1. The van der Waals surface area contributed by atoms with E-state index in [1.54, 1.807) is 0 Å². The number of nitrogens with one attached hydrogen (secondary N) is 1. The highest BCUT2D eigenvalue weighted by atomic mass is 35.5. The molecule has 1 saturated heterocycles. The van der Waals surface area contributed by atoms with Gasteiger partial charge in [0, 0.05) is 19.3 Å². The van der Waals surface area contributed by atoms with Crippen molar-refractivity contribution in [2.75, 3.05) is 13.2 Å². The van der Waals surface area contributed by atoms with Crippen LogP contribution in [0.2, 0.25) is 0 Å². The van der Waals surface area contributed by atoms with E-state index in [1.165, 1.54) is 0 Å². The predicted molar refractivity (Wildman–Crippen MR) is 73.8 cm³/mol. The van der Waals surface area contributed by atoms with Crippen LogP contribution in [0, 0.1) is 5.92 Å². The molecule has 3 N–H and O–H groups in total. The maximum absolute atomic E-state index is 12.2. The molecule has 0 aromatic rings. The van der Waals surface area contributed by atoms with Crippen LogP contribution in [-0.4, -0.2) is 30.7 Å². The van der Waals surface area contributed by atoms with E-state index in [9.17, 15) is 4.79 Å². The topological polar surface area (TPSA) is 64.4 Å². The highest BCUT2D eigenvalue weighted by Crippen LogP contribution is 2.28. The molecule has 2 fully saturated rings. The van der Waals surface area contributed by atoms with Crippen LogP contribution < -0.4 is 11.1 Å². The van der Waals surface area contributed by atoms with Gasteiger partial charge in [-0.3, -0.25) is 4.79 Å². The summed E-state index contributed by atoms with van der Waals surface area (Å²) >= 11 is 0. The summed E-state index contributed by atoms with van der Waals surface area (Å²) in [6.45, 7) is 3.73. The van der Waals surface area contributed by atoms with Gasteiger partial charge >= 0.3 is 0 Å². The van der Waals surface area contributed by atoms with Crippen LogP contribution >= 0.6 is 12.4 Å². The smallest absolute Gasteiger partial charge is 0.240 e. The van der Waals surface area contributed by atoms with Gasteiger partial charge < -0.3 is 15.8 Å². The normalized spacial score (nSPS) is 25.2. The van der Waals surface area contributed by atoms with Gasteiger partial charge in [0.1, 0.15) is 0 Å². The van der Waals surface area contributed by atoms with Crippen molar-refractivity contribution in [2.45, 2.75) is 57.0 Å². The van der Waals surface area contributed by atoms with Crippen LogP contribution in [0.1, 0.15) is 45.4 Å². The Morgan fingerprint density at radius 1 is 1.33 bits per heavy atom. The first-order valence-corrected chi connectivity index (χ1v) is 6.79. The zero-order chi connectivity index (χ0) is 12.3. The van der Waals surface area contributed by atoms with E-state index in [4.69, 9.17) is 10.5 Å². The number of carbonyl (C=O) groups is 1. The van der Waals surface area contributed by atoms with Crippen LogP contribution in [-0.2, 0) is 9.53 Å². The summed E-state index contributed by atoms with van der Waals surface area (Å²) in [6.07, 6.45) is 5.90. The minimum absolute atomic E-state index is 0. The fourth-order valence-corrected chi connectivity index (χ4v) is 2.92. The van der Waals surface area contributed by atoms with Gasteiger partial charge in [0.05, 0.1) is 5.54 Å². The van der Waals surface area contributed by atoms with Gasteiger partial charge in [0.15, 0.2) is 0 Å². The van der Waals surface area contributed by atoms with Crippen LogP contribution in [0.4, 0.5) is 0 Å². The summed E-state index contributed by atoms with van der Waals surface area (Å²) in [6, 6.07) is 0.215. The SMILES string of the molecule is CC(NC(=O)C1(N)CCCC1)C1CCOCC1.Cl. The van der Waals surface area contributed by atoms with Crippen molar-refractivity contribution in [2.24, 2.45) is 11.7 Å². The molecular weight excluding hydrogens is 252 g/mol. The van der Waals surface area contributed by atoms with Crippen molar-refractivity contribution in [3.63, 3.8) is 0 Å². The van der Waals surface area contributed by atoms with Crippen LogP contribution in [0.15, 0.2) is 0 Å². The molecule has 1 aliphatic carbocycles. The third-order valence-corrected chi connectivity index (χ3v) is 4.28. The molecule has 1 aliphatic heterocycles. The largest absolute Gasteiger partial charge is 0.381 e. The van der Waals surface area contributed by atoms with Crippen LogP contribution in [0.5, 0.6) is 0 Å². The molecule has 2 rings (SSSR count). The minimum atomic E-state index is -0.598. The Labute approximate surface area is 115 Å². The molecule has 5 heteroatoms. The Hall–Kier alpha value is -0.320. The Kier molecular flexibility index (Phi) is 5.89. The van der Waals surface area contributed by atoms with E-state index < -0.39 is 5.54 Å². The zero-order valence-corrected chi connectivity index (χ0v) is 11.9. The van der Waals surface area contributed by atoms with Gasteiger partial charge in [-0.25, -0.2) is 0 Å². The Morgan fingerprint density at radius 2 is 1.89 bits per heavy atom. The first kappa shape index (κ1) is 15.7. The molecule has 1 atom stereocenters. The summed E-state index contributed by atoms with van der Waals surface area (Å²) < 4.78 is 5.34.